The van der Waals surface area contributed by atoms with Crippen LogP contribution in [0.15, 0.2) is 161 Å². The van der Waals surface area contributed by atoms with Crippen LogP contribution in [0.2, 0.25) is 20.4 Å². The Morgan fingerprint density at radius 1 is 0.464 bits per heavy atom. The molecule has 0 atom stereocenters. The van der Waals surface area contributed by atoms with E-state index in [1.165, 1.54) is 50.3 Å². The van der Waals surface area contributed by atoms with Gasteiger partial charge in [0, 0.05) is 108 Å². The van der Waals surface area contributed by atoms with E-state index in [-0.39, 0.29) is 70.5 Å². The number of benzene rings is 3. The normalized spacial score (nSPS) is 18.1. The Labute approximate surface area is 679 Å². The van der Waals surface area contributed by atoms with Crippen LogP contribution in [0.25, 0.3) is 36.5 Å². The van der Waals surface area contributed by atoms with Gasteiger partial charge < -0.3 is 31.7 Å². The standard InChI is InChI=1S/C31H38ClN5O4S.C27H31ClN4O2S.C19H15Cl2N3O2S.C6H14N2/c1-21-23(12-13-25(35-21)20-42(39,40)28-9-7-6-8-27(28)32)11-10-22-18-33-29(34-19-22)36-24-14-16-26(17-15-24)37(5)30(38)41-31(2,3)4;1-3-20-9-13-23(14-10-20)32-27-29-16-21(17-30-27)8-11-22-12-15-24(31-19(22)2)18-35(33,34)26-7-5-4-6-25(26)28;1-13-15(7-6-14-10-22-19(21)23-11-14)8-9-16(24-13)12-27(25,26)18-5-3-2-4-17(18)20;7-5-1-2-6(8)4-3-5/h6-13,18-19,24,26H,14-17,20H2,1-5H3,(H,33,34,36);4-8,11-12,15-17,20,23H,3,9-10,13-14,18H2,1-2H3,(H,29,30,32);2-11H,12H2,1H3;5-6H,1-4,7-8H2/b11-10+;11-8+;7-6+;. The Hall–Kier alpha value is -8.63. The van der Waals surface area contributed by atoms with Crippen molar-refractivity contribution in [2.24, 2.45) is 17.4 Å². The van der Waals surface area contributed by atoms with E-state index in [4.69, 9.17) is 62.6 Å². The van der Waals surface area contributed by atoms with Gasteiger partial charge in [-0.05, 0) is 207 Å². The molecule has 0 bridgehead atoms. The van der Waals surface area contributed by atoms with Crippen LogP contribution in [-0.4, -0.2) is 124 Å². The molecule has 0 aliphatic heterocycles. The van der Waals surface area contributed by atoms with Crippen LogP contribution in [-0.2, 0) is 51.5 Å². The molecule has 6 aromatic heterocycles. The number of nitrogens with one attached hydrogen (secondary N) is 2. The van der Waals surface area contributed by atoms with Gasteiger partial charge in [0.2, 0.25) is 17.2 Å². The second-order valence-corrected chi connectivity index (χ2v) is 36.6. The summed E-state index contributed by atoms with van der Waals surface area (Å²) in [6.07, 6.45) is 35.6. The molecule has 3 saturated carbocycles. The van der Waals surface area contributed by atoms with Crippen molar-refractivity contribution in [1.82, 2.24) is 49.8 Å². The molecule has 112 heavy (non-hydrogen) atoms. The maximum absolute atomic E-state index is 12.8. The third kappa shape index (κ3) is 27.0. The van der Waals surface area contributed by atoms with E-state index in [1.54, 1.807) is 122 Å². The first-order valence-corrected chi connectivity index (χ1v) is 43.7. The van der Waals surface area contributed by atoms with Crippen LogP contribution >= 0.6 is 46.4 Å². The minimum absolute atomic E-state index is 0.103. The summed E-state index contributed by atoms with van der Waals surface area (Å²) in [5, 5.41) is 7.69. The number of pyridine rings is 3. The third-order valence-electron chi connectivity index (χ3n) is 19.3. The Balaban J connectivity index is 0.000000187. The topological polar surface area (TPSA) is 324 Å². The first-order valence-electron chi connectivity index (χ1n) is 37.3. The molecule has 3 aromatic carbocycles. The van der Waals surface area contributed by atoms with Crippen LogP contribution in [0.4, 0.5) is 16.7 Å². The zero-order valence-electron chi connectivity index (χ0n) is 64.2. The van der Waals surface area contributed by atoms with Crippen LogP contribution in [0.1, 0.15) is 179 Å². The lowest BCUT2D eigenvalue weighted by atomic mass is 9.85. The number of anilines is 2. The van der Waals surface area contributed by atoms with E-state index in [9.17, 15) is 30.0 Å². The Bertz CT molecular complexity index is 5070. The number of rotatable bonds is 21. The number of amides is 1. The van der Waals surface area contributed by atoms with E-state index in [0.29, 0.717) is 58.5 Å². The van der Waals surface area contributed by atoms with E-state index in [0.717, 1.165) is 96.4 Å². The van der Waals surface area contributed by atoms with Crippen LogP contribution in [0.5, 0.6) is 0 Å². The van der Waals surface area contributed by atoms with Crippen molar-refractivity contribution in [2.45, 2.75) is 200 Å². The molecule has 9 aromatic rings. The molecule has 12 rings (SSSR count). The van der Waals surface area contributed by atoms with Crippen LogP contribution in [0.3, 0.4) is 0 Å². The molecule has 22 nitrogen and oxygen atoms in total. The molecule has 3 fully saturated rings. The largest absolute Gasteiger partial charge is 0.444 e. The van der Waals surface area contributed by atoms with Crippen molar-refractivity contribution >= 4 is 130 Å². The van der Waals surface area contributed by atoms with Gasteiger partial charge in [0.15, 0.2) is 29.5 Å². The fourth-order valence-corrected chi connectivity index (χ4v) is 18.5. The van der Waals surface area contributed by atoms with Crippen molar-refractivity contribution in [3.63, 3.8) is 0 Å². The summed E-state index contributed by atoms with van der Waals surface area (Å²) >= 11 is 23.8. The molecule has 0 radical (unpaired) electrons. The highest BCUT2D eigenvalue weighted by atomic mass is 35.5. The minimum Gasteiger partial charge on any atom is -0.444 e. The Morgan fingerprint density at radius 2 is 0.777 bits per heavy atom. The van der Waals surface area contributed by atoms with Gasteiger partial charge in [0.25, 0.3) is 0 Å². The molecule has 1 amide bonds. The second kappa shape index (κ2) is 40.9. The van der Waals surface area contributed by atoms with Gasteiger partial charge in [0.1, 0.15) is 5.60 Å². The zero-order chi connectivity index (χ0) is 80.8. The minimum atomic E-state index is -3.62. The van der Waals surface area contributed by atoms with Crippen molar-refractivity contribution in [1.29, 1.82) is 0 Å². The molecule has 594 valence electrons. The van der Waals surface area contributed by atoms with Gasteiger partial charge in [-0.25, -0.2) is 60.0 Å². The molecular formula is C83H98Cl4N14O8S3. The SMILES string of the molecule is CCC1CCC(Nc2ncc(/C=C/c3ccc(CS(=O)(=O)c4ccccc4Cl)nc3C)cn2)CC1.Cc1nc(CS(=O)(=O)c2ccccc2Cl)ccc1/C=C/c1cnc(Cl)nc1.Cc1nc(CS(=O)(=O)c2ccccc2Cl)ccc1/C=C/c1cnc(NC2CCC(N(C)C(=O)OC(C)(C)C)CC2)nc1.NC1CCC(N)CC1. The van der Waals surface area contributed by atoms with Crippen LogP contribution in [0, 0.1) is 26.7 Å². The predicted octanol–water partition coefficient (Wildman–Crippen LogP) is 17.8. The molecule has 0 spiro atoms. The van der Waals surface area contributed by atoms with Gasteiger partial charge in [0.05, 0.1) is 64.1 Å². The first-order chi connectivity index (χ1) is 53.3. The van der Waals surface area contributed by atoms with E-state index < -0.39 is 35.1 Å². The Morgan fingerprint density at radius 3 is 1.08 bits per heavy atom. The number of carbonyl (C=O) groups is 1. The number of sulfone groups is 3. The summed E-state index contributed by atoms with van der Waals surface area (Å²) in [6.45, 7) is 13.4. The first kappa shape index (κ1) is 87.3. The monoisotopic (exact) mass is 1650 g/mol. The molecule has 6 N–H and O–H groups in total. The number of nitrogens with two attached hydrogens (primary N) is 2. The van der Waals surface area contributed by atoms with E-state index in [1.807, 2.05) is 96.2 Å². The number of hydrogen-bond acceptors (Lipinski definition) is 21. The summed E-state index contributed by atoms with van der Waals surface area (Å²) < 4.78 is 81.8. The third-order valence-corrected chi connectivity index (χ3v) is 25.9. The number of nitrogens with zero attached hydrogens (tertiary/aromatic N) is 10. The summed E-state index contributed by atoms with van der Waals surface area (Å²) in [4.78, 5) is 53.6. The lowest BCUT2D eigenvalue weighted by molar-refractivity contribution is 0.0185. The molecule has 29 heteroatoms. The molecule has 3 aliphatic rings. The summed E-state index contributed by atoms with van der Waals surface area (Å²) in [5.74, 6) is 1.45. The molecule has 0 unspecified atom stereocenters. The van der Waals surface area contributed by atoms with Gasteiger partial charge in [-0.2, -0.15) is 0 Å². The summed E-state index contributed by atoms with van der Waals surface area (Å²) in [7, 11) is -8.97. The lowest BCUT2D eigenvalue weighted by Crippen LogP contribution is -2.43. The maximum atomic E-state index is 12.8. The van der Waals surface area contributed by atoms with Crippen molar-refractivity contribution < 1.29 is 34.8 Å². The van der Waals surface area contributed by atoms with Crippen LogP contribution < -0.4 is 22.1 Å². The fourth-order valence-electron chi connectivity index (χ4n) is 12.8. The Kier molecular flexibility index (Phi) is 31.9. The number of ether oxygens (including phenoxy) is 1. The number of carbonyl (C=O) groups excluding carboxylic acids is 1. The number of aryl methyl sites for hydroxylation is 3. The fraction of sp³-hybridized carbons (Fsp3) is 0.373. The van der Waals surface area contributed by atoms with Crippen molar-refractivity contribution in [3.05, 3.63) is 234 Å². The highest BCUT2D eigenvalue weighted by Crippen LogP contribution is 2.32. The van der Waals surface area contributed by atoms with E-state index >= 15 is 0 Å². The highest BCUT2D eigenvalue weighted by Gasteiger charge is 2.31. The number of aromatic nitrogens is 9. The smallest absolute Gasteiger partial charge is 0.410 e. The summed E-state index contributed by atoms with van der Waals surface area (Å²) in [6, 6.07) is 31.7. The zero-order valence-corrected chi connectivity index (χ0v) is 69.7. The van der Waals surface area contributed by atoms with Gasteiger partial charge in [-0.15, -0.1) is 0 Å². The summed E-state index contributed by atoms with van der Waals surface area (Å²) in [5.41, 5.74) is 19.5. The molecular weight excluding hydrogens is 1560 g/mol. The van der Waals surface area contributed by atoms with Gasteiger partial charge >= 0.3 is 6.09 Å². The van der Waals surface area contributed by atoms with Crippen molar-refractivity contribution in [2.75, 3.05) is 17.7 Å². The highest BCUT2D eigenvalue weighted by molar-refractivity contribution is 7.91. The van der Waals surface area contributed by atoms with Gasteiger partial charge in [-0.1, -0.05) is 139 Å². The number of halogens is 4. The average molecular weight is 1660 g/mol. The average Bonchev–Trinajstić information content (AvgIpc) is 0.747. The number of hydrogen-bond donors (Lipinski definition) is 4. The van der Waals surface area contributed by atoms with Crippen molar-refractivity contribution in [3.8, 4) is 0 Å². The molecule has 0 saturated heterocycles. The molecule has 6 heterocycles. The quantitative estimate of drug-likeness (QED) is 0.0486. The lowest BCUT2D eigenvalue weighted by Gasteiger charge is -2.35. The predicted molar refractivity (Wildman–Crippen MR) is 450 cm³/mol. The van der Waals surface area contributed by atoms with E-state index in [2.05, 4.69) is 62.4 Å². The maximum Gasteiger partial charge on any atom is 0.410 e. The second-order valence-electron chi connectivity index (χ2n) is 29.2. The van der Waals surface area contributed by atoms with Gasteiger partial charge in [-0.3, -0.25) is 15.0 Å². The molecule has 3 aliphatic carbocycles.